The number of benzene rings is 1. The van der Waals surface area contributed by atoms with Crippen molar-refractivity contribution in [2.75, 3.05) is 26.7 Å². The lowest BCUT2D eigenvalue weighted by molar-refractivity contribution is 0.0320. The molecule has 2 atom stereocenters. The molecular weight excluding hydrogens is 264 g/mol. The molecule has 4 nitrogen and oxygen atoms in total. The summed E-state index contributed by atoms with van der Waals surface area (Å²) >= 11 is 0. The predicted molar refractivity (Wildman–Crippen MR) is 84.0 cm³/mol. The van der Waals surface area contributed by atoms with E-state index >= 15 is 0 Å². The summed E-state index contributed by atoms with van der Waals surface area (Å²) in [5, 5.41) is 9.83. The van der Waals surface area contributed by atoms with Crippen LogP contribution in [0.2, 0.25) is 0 Å². The maximum atomic E-state index is 9.83. The van der Waals surface area contributed by atoms with Gasteiger partial charge in [-0.25, -0.2) is 0 Å². The van der Waals surface area contributed by atoms with E-state index in [1.807, 2.05) is 18.2 Å². The topological polar surface area (TPSA) is 58.7 Å². The lowest BCUT2D eigenvalue weighted by Gasteiger charge is -2.34. The van der Waals surface area contributed by atoms with Crippen LogP contribution < -0.4 is 10.5 Å². The van der Waals surface area contributed by atoms with Gasteiger partial charge in [0.2, 0.25) is 0 Å². The molecule has 1 fully saturated rings. The molecule has 1 aromatic rings. The maximum Gasteiger partial charge on any atom is 0.119 e. The molecule has 0 saturated carbocycles. The van der Waals surface area contributed by atoms with Gasteiger partial charge in [0.25, 0.3) is 0 Å². The molecule has 1 aliphatic heterocycles. The number of nitrogens with zero attached hydrogens (tertiary/aromatic N) is 1. The van der Waals surface area contributed by atoms with Gasteiger partial charge in [0.05, 0.1) is 19.8 Å². The van der Waals surface area contributed by atoms with E-state index in [2.05, 4.69) is 23.7 Å². The van der Waals surface area contributed by atoms with Gasteiger partial charge in [-0.1, -0.05) is 18.8 Å². The third kappa shape index (κ3) is 4.21. The molecule has 4 heteroatoms. The lowest BCUT2D eigenvalue weighted by atomic mass is 9.96. The predicted octanol–water partition coefficient (Wildman–Crippen LogP) is 1.21. The van der Waals surface area contributed by atoms with Crippen LogP contribution in [0.3, 0.4) is 0 Å². The summed E-state index contributed by atoms with van der Waals surface area (Å²) < 4.78 is 5.31. The van der Waals surface area contributed by atoms with Crippen molar-refractivity contribution in [1.29, 1.82) is 0 Å². The minimum absolute atomic E-state index is 0.178. The van der Waals surface area contributed by atoms with Gasteiger partial charge in [0.1, 0.15) is 5.75 Å². The average Bonchev–Trinajstić information content (AvgIpc) is 2.49. The average molecular weight is 288 g/mol. The first-order chi connectivity index (χ1) is 10.1. The summed E-state index contributed by atoms with van der Waals surface area (Å²) in [6.45, 7) is 5.09. The zero-order valence-corrected chi connectivity index (χ0v) is 12.8. The largest absolute Gasteiger partial charge is 0.497 e. The number of rotatable bonds is 3. The van der Waals surface area contributed by atoms with Gasteiger partial charge in [-0.05, 0) is 36.1 Å². The Hall–Kier alpha value is -1.54. The second kappa shape index (κ2) is 7.46. The van der Waals surface area contributed by atoms with E-state index in [4.69, 9.17) is 10.5 Å². The summed E-state index contributed by atoms with van der Waals surface area (Å²) in [6, 6.07) is 5.95. The number of nitrogens with two attached hydrogens (primary N) is 1. The normalized spacial score (nSPS) is 22.5. The van der Waals surface area contributed by atoms with Crippen LogP contribution in [0.25, 0.3) is 0 Å². The number of aliphatic hydroxyl groups excluding tert-OH is 1. The van der Waals surface area contributed by atoms with Crippen LogP contribution in [-0.2, 0) is 6.54 Å². The Morgan fingerprint density at radius 3 is 2.95 bits per heavy atom. The standard InChI is InChI=1S/C17H24N2O2/c1-13-11-19(9-7-17(13)20)12-15-10-16(21-2)6-5-14(15)4-3-8-18/h5-6,10,13,17,20H,7-9,11-12,18H2,1-2H3. The molecule has 0 aliphatic carbocycles. The number of likely N-dealkylation sites (tertiary alicyclic amines) is 1. The summed E-state index contributed by atoms with van der Waals surface area (Å²) in [5.41, 5.74) is 7.62. The Kier molecular flexibility index (Phi) is 5.63. The molecule has 0 spiro atoms. The van der Waals surface area contributed by atoms with Crippen molar-refractivity contribution in [3.05, 3.63) is 29.3 Å². The van der Waals surface area contributed by atoms with Crippen LogP contribution >= 0.6 is 0 Å². The fourth-order valence-electron chi connectivity index (χ4n) is 2.70. The fourth-order valence-corrected chi connectivity index (χ4v) is 2.70. The van der Waals surface area contributed by atoms with Gasteiger partial charge in [0.15, 0.2) is 0 Å². The third-order valence-corrected chi connectivity index (χ3v) is 3.98. The highest BCUT2D eigenvalue weighted by Gasteiger charge is 2.24. The number of hydrogen-bond donors (Lipinski definition) is 2. The number of aliphatic hydroxyl groups is 1. The molecule has 1 heterocycles. The van der Waals surface area contributed by atoms with Crippen molar-refractivity contribution in [2.45, 2.75) is 26.0 Å². The molecular formula is C17H24N2O2. The Labute approximate surface area is 126 Å². The highest BCUT2D eigenvalue weighted by Crippen LogP contribution is 2.22. The summed E-state index contributed by atoms with van der Waals surface area (Å²) in [7, 11) is 1.67. The van der Waals surface area contributed by atoms with E-state index in [1.54, 1.807) is 7.11 Å². The van der Waals surface area contributed by atoms with Crippen LogP contribution in [0.4, 0.5) is 0 Å². The molecule has 0 amide bonds. The smallest absolute Gasteiger partial charge is 0.119 e. The van der Waals surface area contributed by atoms with Gasteiger partial charge >= 0.3 is 0 Å². The van der Waals surface area contributed by atoms with Crippen molar-refractivity contribution in [1.82, 2.24) is 4.90 Å². The van der Waals surface area contributed by atoms with Gasteiger partial charge < -0.3 is 15.6 Å². The van der Waals surface area contributed by atoms with E-state index in [9.17, 15) is 5.11 Å². The minimum atomic E-state index is -0.178. The Morgan fingerprint density at radius 2 is 2.29 bits per heavy atom. The highest BCUT2D eigenvalue weighted by molar-refractivity contribution is 5.45. The van der Waals surface area contributed by atoms with Crippen molar-refractivity contribution >= 4 is 0 Å². The Bertz CT molecular complexity index is 533. The van der Waals surface area contributed by atoms with E-state index in [0.717, 1.165) is 42.9 Å². The van der Waals surface area contributed by atoms with Crippen molar-refractivity contribution in [2.24, 2.45) is 11.7 Å². The highest BCUT2D eigenvalue weighted by atomic mass is 16.5. The Balaban J connectivity index is 2.17. The van der Waals surface area contributed by atoms with Crippen LogP contribution in [0.15, 0.2) is 18.2 Å². The number of ether oxygens (including phenoxy) is 1. The third-order valence-electron chi connectivity index (χ3n) is 3.98. The first kappa shape index (κ1) is 15.8. The van der Waals surface area contributed by atoms with Gasteiger partial charge in [-0.3, -0.25) is 4.90 Å². The molecule has 114 valence electrons. The minimum Gasteiger partial charge on any atom is -0.497 e. The van der Waals surface area contributed by atoms with Crippen LogP contribution in [0.1, 0.15) is 24.5 Å². The SMILES string of the molecule is COc1ccc(C#CCN)c(CN2CCC(O)C(C)C2)c1. The first-order valence-corrected chi connectivity index (χ1v) is 7.40. The maximum absolute atomic E-state index is 9.83. The molecule has 1 aromatic carbocycles. The van der Waals surface area contributed by atoms with Gasteiger partial charge in [-0.2, -0.15) is 0 Å². The van der Waals surface area contributed by atoms with Crippen LogP contribution in [0.5, 0.6) is 5.75 Å². The summed E-state index contributed by atoms with van der Waals surface area (Å²) in [5.74, 6) is 7.19. The molecule has 1 aliphatic rings. The molecule has 21 heavy (non-hydrogen) atoms. The van der Waals surface area contributed by atoms with Crippen molar-refractivity contribution < 1.29 is 9.84 Å². The molecule has 1 saturated heterocycles. The zero-order chi connectivity index (χ0) is 15.2. The number of piperidine rings is 1. The van der Waals surface area contributed by atoms with E-state index < -0.39 is 0 Å². The van der Waals surface area contributed by atoms with Gasteiger partial charge in [-0.15, -0.1) is 0 Å². The number of methoxy groups -OCH3 is 1. The second-order valence-corrected chi connectivity index (χ2v) is 5.60. The Morgan fingerprint density at radius 1 is 1.48 bits per heavy atom. The van der Waals surface area contributed by atoms with Crippen molar-refractivity contribution in [3.8, 4) is 17.6 Å². The molecule has 0 radical (unpaired) electrons. The molecule has 0 aromatic heterocycles. The van der Waals surface area contributed by atoms with Crippen LogP contribution in [0, 0.1) is 17.8 Å². The second-order valence-electron chi connectivity index (χ2n) is 5.60. The quantitative estimate of drug-likeness (QED) is 0.821. The fraction of sp³-hybridized carbons (Fsp3) is 0.529. The molecule has 2 rings (SSSR count). The van der Waals surface area contributed by atoms with E-state index in [0.29, 0.717) is 12.5 Å². The lowest BCUT2D eigenvalue weighted by Crippen LogP contribution is -2.41. The molecule has 2 unspecified atom stereocenters. The van der Waals surface area contributed by atoms with E-state index in [1.165, 1.54) is 0 Å². The first-order valence-electron chi connectivity index (χ1n) is 7.40. The zero-order valence-electron chi connectivity index (χ0n) is 12.8. The number of hydrogen-bond acceptors (Lipinski definition) is 4. The van der Waals surface area contributed by atoms with E-state index in [-0.39, 0.29) is 6.10 Å². The molecule has 0 bridgehead atoms. The van der Waals surface area contributed by atoms with Crippen molar-refractivity contribution in [3.63, 3.8) is 0 Å². The van der Waals surface area contributed by atoms with Crippen LogP contribution in [-0.4, -0.2) is 42.9 Å². The summed E-state index contributed by atoms with van der Waals surface area (Å²) in [6.07, 6.45) is 0.651. The monoisotopic (exact) mass is 288 g/mol. The van der Waals surface area contributed by atoms with Gasteiger partial charge in [0, 0.05) is 25.2 Å². The molecule has 3 N–H and O–H groups in total. The summed E-state index contributed by atoms with van der Waals surface area (Å²) in [4.78, 5) is 2.36.